The van der Waals surface area contributed by atoms with E-state index in [0.29, 0.717) is 12.4 Å². The summed E-state index contributed by atoms with van der Waals surface area (Å²) in [4.78, 5) is 24.0. The monoisotopic (exact) mass is 239 g/mol. The quantitative estimate of drug-likeness (QED) is 0.647. The molecule has 0 radical (unpaired) electrons. The number of carbonyl (C=O) groups excluding carboxylic acids is 2. The molecule has 0 spiro atoms. The second kappa shape index (κ2) is 4.50. The zero-order valence-electron chi connectivity index (χ0n) is 9.56. The van der Waals surface area contributed by atoms with Gasteiger partial charge in [-0.1, -0.05) is 5.10 Å². The number of likely N-dealkylation sites (N-methyl/N-ethyl adjacent to an activating group) is 1. The maximum atomic E-state index is 11.6. The minimum Gasteiger partial charge on any atom is -0.407 e. The molecule has 2 N–H and O–H groups in total. The van der Waals surface area contributed by atoms with Crippen molar-refractivity contribution in [1.29, 1.82) is 0 Å². The first-order valence-electron chi connectivity index (χ1n) is 5.15. The van der Waals surface area contributed by atoms with Crippen molar-refractivity contribution in [3.63, 3.8) is 0 Å². The highest BCUT2D eigenvalue weighted by molar-refractivity contribution is 6.06. The standard InChI is InChI=1S/C9H13N5O3/c1-10-4-6-12-13-9(17-6)11-5-3-7(15)14(2)8(5)16/h5,10H,3-4H2,1-2H3,(H,11,13). The first-order valence-corrected chi connectivity index (χ1v) is 5.15. The summed E-state index contributed by atoms with van der Waals surface area (Å²) >= 11 is 0. The molecule has 92 valence electrons. The van der Waals surface area contributed by atoms with Gasteiger partial charge in [0, 0.05) is 7.05 Å². The van der Waals surface area contributed by atoms with Gasteiger partial charge >= 0.3 is 6.01 Å². The number of likely N-dealkylation sites (tertiary alicyclic amines) is 1. The molecule has 2 rings (SSSR count). The second-order valence-electron chi connectivity index (χ2n) is 3.72. The Morgan fingerprint density at radius 1 is 1.47 bits per heavy atom. The Kier molecular flexibility index (Phi) is 3.05. The van der Waals surface area contributed by atoms with E-state index in [9.17, 15) is 9.59 Å². The number of hydrogen-bond acceptors (Lipinski definition) is 7. The summed E-state index contributed by atoms with van der Waals surface area (Å²) in [7, 11) is 3.21. The fourth-order valence-electron chi connectivity index (χ4n) is 1.55. The Bertz CT molecular complexity index is 444. The van der Waals surface area contributed by atoms with Crippen LogP contribution in [0.1, 0.15) is 12.3 Å². The molecule has 1 aromatic rings. The van der Waals surface area contributed by atoms with Gasteiger partial charge in [0.25, 0.3) is 5.91 Å². The molecule has 0 saturated carbocycles. The van der Waals surface area contributed by atoms with E-state index in [1.165, 1.54) is 7.05 Å². The van der Waals surface area contributed by atoms with Crippen LogP contribution >= 0.6 is 0 Å². The molecule has 1 aromatic heterocycles. The predicted molar refractivity (Wildman–Crippen MR) is 56.9 cm³/mol. The van der Waals surface area contributed by atoms with Crippen molar-refractivity contribution in [2.75, 3.05) is 19.4 Å². The molecular weight excluding hydrogens is 226 g/mol. The Balaban J connectivity index is 2.01. The van der Waals surface area contributed by atoms with Crippen LogP contribution in [0.15, 0.2) is 4.42 Å². The molecule has 1 aliphatic heterocycles. The molecule has 1 fully saturated rings. The number of hydrogen-bond donors (Lipinski definition) is 2. The third kappa shape index (κ3) is 2.26. The van der Waals surface area contributed by atoms with Crippen molar-refractivity contribution in [3.05, 3.63) is 5.89 Å². The van der Waals surface area contributed by atoms with E-state index in [0.717, 1.165) is 4.90 Å². The SMILES string of the molecule is CNCc1nnc(NC2CC(=O)N(C)C2=O)o1. The molecule has 0 aromatic carbocycles. The van der Waals surface area contributed by atoms with Gasteiger partial charge in [0.2, 0.25) is 11.8 Å². The van der Waals surface area contributed by atoms with Crippen LogP contribution in [0, 0.1) is 0 Å². The lowest BCUT2D eigenvalue weighted by Gasteiger charge is -2.08. The van der Waals surface area contributed by atoms with E-state index in [2.05, 4.69) is 20.8 Å². The molecular formula is C9H13N5O3. The fraction of sp³-hybridized carbons (Fsp3) is 0.556. The minimum atomic E-state index is -0.615. The van der Waals surface area contributed by atoms with Crippen molar-refractivity contribution < 1.29 is 14.0 Å². The Hall–Kier alpha value is -1.96. The van der Waals surface area contributed by atoms with Crippen LogP contribution in [0.4, 0.5) is 6.01 Å². The number of imide groups is 1. The highest BCUT2D eigenvalue weighted by Gasteiger charge is 2.36. The number of nitrogens with zero attached hydrogens (tertiary/aromatic N) is 3. The van der Waals surface area contributed by atoms with Crippen LogP contribution in [0.5, 0.6) is 0 Å². The molecule has 8 nitrogen and oxygen atoms in total. The molecule has 8 heteroatoms. The summed E-state index contributed by atoms with van der Waals surface area (Å²) in [5.74, 6) is -0.0917. The maximum Gasteiger partial charge on any atom is 0.316 e. The van der Waals surface area contributed by atoms with Crippen LogP contribution in [-0.2, 0) is 16.1 Å². The molecule has 1 atom stereocenters. The normalized spacial score (nSPS) is 20.1. The summed E-state index contributed by atoms with van der Waals surface area (Å²) in [6.45, 7) is 0.451. The van der Waals surface area contributed by atoms with Crippen molar-refractivity contribution in [3.8, 4) is 0 Å². The fourth-order valence-corrected chi connectivity index (χ4v) is 1.55. The average Bonchev–Trinajstić information content (AvgIpc) is 2.82. The first-order chi connectivity index (χ1) is 8.11. The van der Waals surface area contributed by atoms with Crippen LogP contribution < -0.4 is 10.6 Å². The number of carbonyl (C=O) groups is 2. The van der Waals surface area contributed by atoms with Gasteiger partial charge in [-0.3, -0.25) is 14.5 Å². The molecule has 2 heterocycles. The lowest BCUT2D eigenvalue weighted by molar-refractivity contribution is -0.136. The summed E-state index contributed by atoms with van der Waals surface area (Å²) in [5.41, 5.74) is 0. The number of rotatable bonds is 4. The maximum absolute atomic E-state index is 11.6. The molecule has 0 aliphatic carbocycles. The van der Waals surface area contributed by atoms with E-state index in [4.69, 9.17) is 4.42 Å². The Labute approximate surface area is 97.4 Å². The lowest BCUT2D eigenvalue weighted by Crippen LogP contribution is -2.31. The Morgan fingerprint density at radius 2 is 2.24 bits per heavy atom. The van der Waals surface area contributed by atoms with Gasteiger partial charge in [-0.25, -0.2) is 0 Å². The third-order valence-electron chi connectivity index (χ3n) is 2.47. The zero-order chi connectivity index (χ0) is 12.4. The van der Waals surface area contributed by atoms with E-state index in [1.807, 2.05) is 0 Å². The van der Waals surface area contributed by atoms with E-state index in [-0.39, 0.29) is 24.2 Å². The van der Waals surface area contributed by atoms with Gasteiger partial charge in [0.15, 0.2) is 0 Å². The summed E-state index contributed by atoms with van der Waals surface area (Å²) in [5, 5.41) is 13.1. The molecule has 0 bridgehead atoms. The highest BCUT2D eigenvalue weighted by Crippen LogP contribution is 2.16. The van der Waals surface area contributed by atoms with Crippen LogP contribution in [0.3, 0.4) is 0 Å². The smallest absolute Gasteiger partial charge is 0.316 e. The average molecular weight is 239 g/mol. The number of amides is 2. The van der Waals surface area contributed by atoms with Gasteiger partial charge < -0.3 is 15.1 Å². The molecule has 2 amide bonds. The van der Waals surface area contributed by atoms with Crippen LogP contribution in [-0.4, -0.2) is 47.0 Å². The highest BCUT2D eigenvalue weighted by atomic mass is 16.4. The number of aromatic nitrogens is 2. The first kappa shape index (κ1) is 11.5. The molecule has 1 unspecified atom stereocenters. The van der Waals surface area contributed by atoms with Crippen molar-refractivity contribution in [2.45, 2.75) is 19.0 Å². The zero-order valence-corrected chi connectivity index (χ0v) is 9.56. The van der Waals surface area contributed by atoms with Crippen LogP contribution in [0.25, 0.3) is 0 Å². The van der Waals surface area contributed by atoms with Crippen molar-refractivity contribution in [1.82, 2.24) is 20.4 Å². The molecule has 1 saturated heterocycles. The van der Waals surface area contributed by atoms with Gasteiger partial charge in [-0.2, -0.15) is 0 Å². The predicted octanol–water partition coefficient (Wildman–Crippen LogP) is -1.04. The topological polar surface area (TPSA) is 100 Å². The van der Waals surface area contributed by atoms with Gasteiger partial charge in [-0.05, 0) is 7.05 Å². The van der Waals surface area contributed by atoms with E-state index in [1.54, 1.807) is 7.05 Å². The molecule has 1 aliphatic rings. The van der Waals surface area contributed by atoms with Crippen molar-refractivity contribution >= 4 is 17.8 Å². The number of nitrogens with one attached hydrogen (secondary N) is 2. The third-order valence-corrected chi connectivity index (χ3v) is 2.47. The van der Waals surface area contributed by atoms with Gasteiger partial charge in [0.1, 0.15) is 6.04 Å². The minimum absolute atomic E-state index is 0.110. The van der Waals surface area contributed by atoms with Gasteiger partial charge in [-0.15, -0.1) is 5.10 Å². The van der Waals surface area contributed by atoms with E-state index >= 15 is 0 Å². The second-order valence-corrected chi connectivity index (χ2v) is 3.72. The van der Waals surface area contributed by atoms with Crippen molar-refractivity contribution in [2.24, 2.45) is 0 Å². The van der Waals surface area contributed by atoms with Gasteiger partial charge in [0.05, 0.1) is 13.0 Å². The number of anilines is 1. The lowest BCUT2D eigenvalue weighted by atomic mass is 10.2. The molecule has 17 heavy (non-hydrogen) atoms. The summed E-state index contributed by atoms with van der Waals surface area (Å²) in [6, 6.07) is -0.466. The van der Waals surface area contributed by atoms with E-state index < -0.39 is 6.04 Å². The van der Waals surface area contributed by atoms with Crippen LogP contribution in [0.2, 0.25) is 0 Å². The largest absolute Gasteiger partial charge is 0.407 e. The summed E-state index contributed by atoms with van der Waals surface area (Å²) in [6.07, 6.45) is 0.110. The Morgan fingerprint density at radius 3 is 2.82 bits per heavy atom. The summed E-state index contributed by atoms with van der Waals surface area (Å²) < 4.78 is 5.23.